The summed E-state index contributed by atoms with van der Waals surface area (Å²) in [7, 11) is 0. The van der Waals surface area contributed by atoms with Gasteiger partial charge in [-0.3, -0.25) is 4.79 Å². The summed E-state index contributed by atoms with van der Waals surface area (Å²) in [6.45, 7) is 6.22. The highest BCUT2D eigenvalue weighted by Crippen LogP contribution is 2.20. The van der Waals surface area contributed by atoms with Crippen molar-refractivity contribution in [1.82, 2.24) is 14.9 Å². The Balaban J connectivity index is 1.80. The number of carbonyl (C=O) groups excluding carboxylic acids is 1. The molecule has 0 bridgehead atoms. The van der Waals surface area contributed by atoms with Crippen LogP contribution in [-0.2, 0) is 11.3 Å². The number of aromatic nitrogens is 2. The predicted octanol–water partition coefficient (Wildman–Crippen LogP) is 2.80. The van der Waals surface area contributed by atoms with Gasteiger partial charge in [0.2, 0.25) is 11.9 Å². The topological polar surface area (TPSA) is 49.3 Å². The predicted molar refractivity (Wildman–Crippen MR) is 94.7 cm³/mol. The lowest BCUT2D eigenvalue weighted by molar-refractivity contribution is -0.133. The van der Waals surface area contributed by atoms with Crippen LogP contribution >= 0.6 is 0 Å². The van der Waals surface area contributed by atoms with E-state index in [1.54, 1.807) is 6.20 Å². The zero-order valence-corrected chi connectivity index (χ0v) is 14.4. The number of amides is 1. The highest BCUT2D eigenvalue weighted by molar-refractivity contribution is 5.77. The molecule has 1 aromatic heterocycles. The van der Waals surface area contributed by atoms with Crippen molar-refractivity contribution in [2.45, 2.75) is 39.3 Å². The largest absolute Gasteiger partial charge is 0.338 e. The van der Waals surface area contributed by atoms with Gasteiger partial charge in [-0.15, -0.1) is 0 Å². The molecule has 0 saturated carbocycles. The van der Waals surface area contributed by atoms with E-state index in [4.69, 9.17) is 0 Å². The second-order valence-corrected chi connectivity index (χ2v) is 6.26. The highest BCUT2D eigenvalue weighted by Gasteiger charge is 2.29. The van der Waals surface area contributed by atoms with E-state index in [-0.39, 0.29) is 11.9 Å². The van der Waals surface area contributed by atoms with Gasteiger partial charge in [-0.2, -0.15) is 0 Å². The number of benzene rings is 1. The summed E-state index contributed by atoms with van der Waals surface area (Å²) in [6, 6.07) is 12.3. The Kier molecular flexibility index (Phi) is 5.08. The molecule has 0 N–H and O–H groups in total. The molecule has 2 heterocycles. The number of hydrogen-bond acceptors (Lipinski definition) is 4. The van der Waals surface area contributed by atoms with Crippen molar-refractivity contribution in [1.29, 1.82) is 0 Å². The van der Waals surface area contributed by atoms with Gasteiger partial charge < -0.3 is 9.80 Å². The highest BCUT2D eigenvalue weighted by atomic mass is 16.2. The van der Waals surface area contributed by atoms with Crippen LogP contribution in [0.5, 0.6) is 0 Å². The first-order valence-corrected chi connectivity index (χ1v) is 8.55. The fraction of sp³-hybridized carbons (Fsp3) is 0.421. The molecular weight excluding hydrogens is 300 g/mol. The van der Waals surface area contributed by atoms with Crippen molar-refractivity contribution in [3.8, 4) is 0 Å². The molecule has 0 unspecified atom stereocenters. The summed E-state index contributed by atoms with van der Waals surface area (Å²) in [6.07, 6.45) is 3.20. The molecule has 5 nitrogen and oxygen atoms in total. The van der Waals surface area contributed by atoms with Crippen LogP contribution in [0.2, 0.25) is 0 Å². The molecule has 126 valence electrons. The van der Waals surface area contributed by atoms with Crippen LogP contribution in [-0.4, -0.2) is 39.9 Å². The molecule has 1 aliphatic heterocycles. The van der Waals surface area contributed by atoms with Crippen LogP contribution in [0.25, 0.3) is 0 Å². The van der Waals surface area contributed by atoms with Gasteiger partial charge in [0.15, 0.2) is 0 Å². The normalized spacial score (nSPS) is 18.6. The van der Waals surface area contributed by atoms with E-state index in [2.05, 4.69) is 33.9 Å². The van der Waals surface area contributed by atoms with Gasteiger partial charge in [0.05, 0.1) is 0 Å². The maximum absolute atomic E-state index is 12.7. The molecule has 1 aliphatic rings. The SMILES string of the molecule is CC[C@@H]1CN(c2nccc(C)n2)CCC(=O)N1Cc1ccccc1. The molecule has 1 saturated heterocycles. The standard InChI is InChI=1S/C19H24N4O/c1-3-17-14-22(19-20-11-9-15(2)21-19)12-10-18(24)23(17)13-16-7-5-4-6-8-16/h4-9,11,17H,3,10,12-14H2,1-2H3/t17-/m1/s1. The van der Waals surface area contributed by atoms with Crippen LogP contribution in [0.15, 0.2) is 42.6 Å². The van der Waals surface area contributed by atoms with Gasteiger partial charge in [-0.25, -0.2) is 9.97 Å². The minimum atomic E-state index is 0.171. The monoisotopic (exact) mass is 324 g/mol. The van der Waals surface area contributed by atoms with Crippen molar-refractivity contribution in [3.05, 3.63) is 53.9 Å². The van der Waals surface area contributed by atoms with Crippen LogP contribution in [0.3, 0.4) is 0 Å². The molecule has 1 atom stereocenters. The summed E-state index contributed by atoms with van der Waals surface area (Å²) < 4.78 is 0. The van der Waals surface area contributed by atoms with Gasteiger partial charge in [0.1, 0.15) is 0 Å². The molecule has 0 aliphatic carbocycles. The van der Waals surface area contributed by atoms with E-state index in [1.807, 2.05) is 36.1 Å². The van der Waals surface area contributed by atoms with Crippen molar-refractivity contribution < 1.29 is 4.79 Å². The van der Waals surface area contributed by atoms with E-state index in [1.165, 1.54) is 5.56 Å². The first-order chi connectivity index (χ1) is 11.7. The van der Waals surface area contributed by atoms with Gasteiger partial charge in [0, 0.05) is 44.0 Å². The van der Waals surface area contributed by atoms with Crippen LogP contribution in [0, 0.1) is 6.92 Å². The summed E-state index contributed by atoms with van der Waals surface area (Å²) >= 11 is 0. The lowest BCUT2D eigenvalue weighted by atomic mass is 10.1. The maximum Gasteiger partial charge on any atom is 0.225 e. The second-order valence-electron chi connectivity index (χ2n) is 6.26. The fourth-order valence-corrected chi connectivity index (χ4v) is 3.14. The first-order valence-electron chi connectivity index (χ1n) is 8.55. The number of aryl methyl sites for hydroxylation is 1. The molecule has 0 spiro atoms. The molecule has 24 heavy (non-hydrogen) atoms. The fourth-order valence-electron chi connectivity index (χ4n) is 3.14. The van der Waals surface area contributed by atoms with Crippen LogP contribution in [0.4, 0.5) is 5.95 Å². The van der Waals surface area contributed by atoms with Gasteiger partial charge >= 0.3 is 0 Å². The van der Waals surface area contributed by atoms with Crippen molar-refractivity contribution in [2.75, 3.05) is 18.0 Å². The molecule has 1 aromatic carbocycles. The molecule has 5 heteroatoms. The average Bonchev–Trinajstić information content (AvgIpc) is 2.76. The molecule has 1 fully saturated rings. The van der Waals surface area contributed by atoms with E-state index in [0.29, 0.717) is 19.5 Å². The quantitative estimate of drug-likeness (QED) is 0.868. The minimum Gasteiger partial charge on any atom is -0.338 e. The lowest BCUT2D eigenvalue weighted by Gasteiger charge is -2.31. The second kappa shape index (κ2) is 7.43. The van der Waals surface area contributed by atoms with E-state index in [9.17, 15) is 4.79 Å². The molecule has 0 radical (unpaired) electrons. The zero-order valence-electron chi connectivity index (χ0n) is 14.4. The Bertz CT molecular complexity index is 689. The molecule has 3 rings (SSSR count). The Labute approximate surface area is 143 Å². The summed E-state index contributed by atoms with van der Waals surface area (Å²) in [4.78, 5) is 25.8. The third kappa shape index (κ3) is 3.72. The summed E-state index contributed by atoms with van der Waals surface area (Å²) in [5.74, 6) is 0.934. The molecular formula is C19H24N4O. The number of rotatable bonds is 4. The zero-order chi connectivity index (χ0) is 16.9. The Morgan fingerprint density at radius 3 is 2.71 bits per heavy atom. The minimum absolute atomic E-state index is 0.171. The van der Waals surface area contributed by atoms with Crippen molar-refractivity contribution in [2.24, 2.45) is 0 Å². The average molecular weight is 324 g/mol. The Morgan fingerprint density at radius 2 is 2.00 bits per heavy atom. The van der Waals surface area contributed by atoms with Crippen molar-refractivity contribution in [3.63, 3.8) is 0 Å². The first kappa shape index (κ1) is 16.4. The Morgan fingerprint density at radius 1 is 1.21 bits per heavy atom. The lowest BCUT2D eigenvalue weighted by Crippen LogP contribution is -2.42. The third-order valence-electron chi connectivity index (χ3n) is 4.52. The third-order valence-corrected chi connectivity index (χ3v) is 4.52. The van der Waals surface area contributed by atoms with E-state index in [0.717, 1.165) is 24.6 Å². The van der Waals surface area contributed by atoms with Crippen LogP contribution < -0.4 is 4.90 Å². The van der Waals surface area contributed by atoms with Gasteiger partial charge in [0.25, 0.3) is 0 Å². The van der Waals surface area contributed by atoms with Crippen LogP contribution in [0.1, 0.15) is 31.0 Å². The number of nitrogens with zero attached hydrogens (tertiary/aromatic N) is 4. The smallest absolute Gasteiger partial charge is 0.225 e. The molecule has 1 amide bonds. The summed E-state index contributed by atoms with van der Waals surface area (Å²) in [5, 5.41) is 0. The van der Waals surface area contributed by atoms with Gasteiger partial charge in [-0.1, -0.05) is 37.3 Å². The summed E-state index contributed by atoms with van der Waals surface area (Å²) in [5.41, 5.74) is 2.12. The molecule has 2 aromatic rings. The van der Waals surface area contributed by atoms with Crippen molar-refractivity contribution >= 4 is 11.9 Å². The maximum atomic E-state index is 12.7. The van der Waals surface area contributed by atoms with E-state index >= 15 is 0 Å². The number of anilines is 1. The number of hydrogen-bond donors (Lipinski definition) is 0. The van der Waals surface area contributed by atoms with E-state index < -0.39 is 0 Å². The number of carbonyl (C=O) groups is 1. The Hall–Kier alpha value is -2.43. The van der Waals surface area contributed by atoms with Gasteiger partial charge in [-0.05, 0) is 25.0 Å².